The Kier molecular flexibility index (Phi) is 6.19. The minimum Gasteiger partial charge on any atom is -0.379 e. The molecule has 2 aromatic rings. The van der Waals surface area contributed by atoms with Crippen LogP contribution in [0.15, 0.2) is 46.5 Å². The number of amides is 1. The topological polar surface area (TPSA) is 88.6 Å². The average molecular weight is 434 g/mol. The number of carbonyl (C=O) groups is 1. The van der Waals surface area contributed by atoms with Gasteiger partial charge in [0.05, 0.1) is 24.0 Å². The number of aromatic nitrogens is 1. The standard InChI is InChI=1S/C20H23N3O4S2/c24-19(22-17-5-4-15-2-1-3-16(15)12-17)14-28-20-7-6-18(13-21-20)29(25,26)23-8-10-27-11-9-23/h4-7,12-13H,1-3,8-11,14H2,(H,22,24). The molecule has 1 aromatic heterocycles. The van der Waals surface area contributed by atoms with Gasteiger partial charge < -0.3 is 10.1 Å². The van der Waals surface area contributed by atoms with Crippen molar-refractivity contribution in [3.63, 3.8) is 0 Å². The Morgan fingerprint density at radius 3 is 2.69 bits per heavy atom. The van der Waals surface area contributed by atoms with Crippen molar-refractivity contribution in [1.29, 1.82) is 0 Å². The predicted molar refractivity (Wildman–Crippen MR) is 112 cm³/mol. The molecule has 1 fully saturated rings. The van der Waals surface area contributed by atoms with Gasteiger partial charge in [0.1, 0.15) is 4.90 Å². The fourth-order valence-corrected chi connectivity index (χ4v) is 5.52. The molecular formula is C20H23N3O4S2. The third kappa shape index (κ3) is 4.80. The van der Waals surface area contributed by atoms with Crippen LogP contribution in [0.25, 0.3) is 0 Å². The second-order valence-electron chi connectivity index (χ2n) is 7.02. The molecule has 2 aliphatic rings. The minimum atomic E-state index is -3.55. The van der Waals surface area contributed by atoms with Gasteiger partial charge in [-0.3, -0.25) is 4.79 Å². The number of nitrogens with zero attached hydrogens (tertiary/aromatic N) is 2. The molecule has 9 heteroatoms. The molecule has 7 nitrogen and oxygen atoms in total. The monoisotopic (exact) mass is 433 g/mol. The Morgan fingerprint density at radius 2 is 1.93 bits per heavy atom. The van der Waals surface area contributed by atoms with Crippen molar-refractivity contribution in [2.75, 3.05) is 37.4 Å². The number of morpholine rings is 1. The van der Waals surface area contributed by atoms with E-state index in [-0.39, 0.29) is 16.6 Å². The molecular weight excluding hydrogens is 410 g/mol. The first-order valence-corrected chi connectivity index (χ1v) is 12.0. The number of hydrogen-bond donors (Lipinski definition) is 1. The van der Waals surface area contributed by atoms with E-state index in [1.165, 1.54) is 39.8 Å². The summed E-state index contributed by atoms with van der Waals surface area (Å²) >= 11 is 1.28. The molecule has 1 amide bonds. The zero-order valence-corrected chi connectivity index (χ0v) is 17.6. The Balaban J connectivity index is 1.32. The van der Waals surface area contributed by atoms with Crippen LogP contribution in [0.5, 0.6) is 0 Å². The van der Waals surface area contributed by atoms with Crippen LogP contribution in [0.2, 0.25) is 0 Å². The van der Waals surface area contributed by atoms with Gasteiger partial charge in [0, 0.05) is 25.0 Å². The van der Waals surface area contributed by atoms with Gasteiger partial charge in [-0.15, -0.1) is 0 Å². The third-order valence-electron chi connectivity index (χ3n) is 5.05. The zero-order chi connectivity index (χ0) is 20.3. The van der Waals surface area contributed by atoms with Crippen molar-refractivity contribution in [3.8, 4) is 0 Å². The first-order valence-electron chi connectivity index (χ1n) is 9.61. The number of thioether (sulfide) groups is 1. The Morgan fingerprint density at radius 1 is 1.14 bits per heavy atom. The molecule has 154 valence electrons. The highest BCUT2D eigenvalue weighted by Crippen LogP contribution is 2.25. The number of carbonyl (C=O) groups excluding carboxylic acids is 1. The van der Waals surface area contributed by atoms with Gasteiger partial charge in [0.15, 0.2) is 0 Å². The second kappa shape index (κ2) is 8.83. The van der Waals surface area contributed by atoms with Gasteiger partial charge in [-0.2, -0.15) is 4.31 Å². The molecule has 0 atom stereocenters. The van der Waals surface area contributed by atoms with Crippen LogP contribution in [0, 0.1) is 0 Å². The maximum Gasteiger partial charge on any atom is 0.244 e. The van der Waals surface area contributed by atoms with Gasteiger partial charge >= 0.3 is 0 Å². The van der Waals surface area contributed by atoms with Crippen molar-refractivity contribution >= 4 is 33.4 Å². The van der Waals surface area contributed by atoms with E-state index in [9.17, 15) is 13.2 Å². The van der Waals surface area contributed by atoms with Crippen LogP contribution in [-0.4, -0.2) is 55.7 Å². The Hall–Kier alpha value is -1.94. The summed E-state index contributed by atoms with van der Waals surface area (Å²) in [5.41, 5.74) is 3.50. The number of hydrogen-bond acceptors (Lipinski definition) is 6. The van der Waals surface area contributed by atoms with Gasteiger partial charge in [0.2, 0.25) is 15.9 Å². The van der Waals surface area contributed by atoms with Crippen molar-refractivity contribution < 1.29 is 17.9 Å². The van der Waals surface area contributed by atoms with E-state index in [4.69, 9.17) is 4.74 Å². The summed E-state index contributed by atoms with van der Waals surface area (Å²) in [4.78, 5) is 16.6. The summed E-state index contributed by atoms with van der Waals surface area (Å²) in [6.45, 7) is 1.50. The molecule has 1 N–H and O–H groups in total. The first-order chi connectivity index (χ1) is 14.0. The van der Waals surface area contributed by atoms with Crippen molar-refractivity contribution in [2.45, 2.75) is 29.2 Å². The summed E-state index contributed by atoms with van der Waals surface area (Å²) in [5.74, 6) is 0.0966. The predicted octanol–water partition coefficient (Wildman–Crippen LogP) is 2.32. The number of rotatable bonds is 6. The lowest BCUT2D eigenvalue weighted by molar-refractivity contribution is -0.113. The highest BCUT2D eigenvalue weighted by Gasteiger charge is 2.26. The molecule has 1 aromatic carbocycles. The fourth-order valence-electron chi connectivity index (χ4n) is 3.53. The largest absolute Gasteiger partial charge is 0.379 e. The lowest BCUT2D eigenvalue weighted by Crippen LogP contribution is -2.40. The van der Waals surface area contributed by atoms with Crippen LogP contribution in [-0.2, 0) is 32.4 Å². The number of nitrogens with one attached hydrogen (secondary N) is 1. The number of fused-ring (bicyclic) bond motifs is 1. The van der Waals surface area contributed by atoms with Crippen molar-refractivity contribution in [3.05, 3.63) is 47.7 Å². The zero-order valence-electron chi connectivity index (χ0n) is 16.0. The van der Waals surface area contributed by atoms with Gasteiger partial charge in [-0.25, -0.2) is 13.4 Å². The van der Waals surface area contributed by atoms with Gasteiger partial charge in [0.25, 0.3) is 0 Å². The quantitative estimate of drug-likeness (QED) is 0.704. The molecule has 1 aliphatic carbocycles. The number of benzene rings is 1. The highest BCUT2D eigenvalue weighted by atomic mass is 32.2. The van der Waals surface area contributed by atoms with Crippen LogP contribution in [0.3, 0.4) is 0 Å². The summed E-state index contributed by atoms with van der Waals surface area (Å²) in [6.07, 6.45) is 4.71. The molecule has 0 bridgehead atoms. The molecule has 1 saturated heterocycles. The summed E-state index contributed by atoms with van der Waals surface area (Å²) in [5, 5.41) is 3.53. The minimum absolute atomic E-state index is 0.111. The van der Waals surface area contributed by atoms with Crippen LogP contribution < -0.4 is 5.32 Å². The Labute approximate surface area is 174 Å². The first kappa shape index (κ1) is 20.3. The maximum absolute atomic E-state index is 12.6. The van der Waals surface area contributed by atoms with Crippen molar-refractivity contribution in [1.82, 2.24) is 9.29 Å². The summed E-state index contributed by atoms with van der Waals surface area (Å²) in [6, 6.07) is 9.25. The third-order valence-corrected chi connectivity index (χ3v) is 7.88. The molecule has 29 heavy (non-hydrogen) atoms. The maximum atomic E-state index is 12.6. The van der Waals surface area contributed by atoms with E-state index in [1.807, 2.05) is 6.07 Å². The average Bonchev–Trinajstić information content (AvgIpc) is 3.21. The smallest absolute Gasteiger partial charge is 0.244 e. The van der Waals surface area contributed by atoms with E-state index in [0.29, 0.717) is 31.3 Å². The molecule has 0 radical (unpaired) electrons. The van der Waals surface area contributed by atoms with E-state index in [1.54, 1.807) is 12.1 Å². The second-order valence-corrected chi connectivity index (χ2v) is 9.96. The number of anilines is 1. The SMILES string of the molecule is O=C(CSc1ccc(S(=O)(=O)N2CCOCC2)cn1)Nc1ccc2c(c1)CCC2. The van der Waals surface area contributed by atoms with Gasteiger partial charge in [-0.1, -0.05) is 17.8 Å². The van der Waals surface area contributed by atoms with Gasteiger partial charge in [-0.05, 0) is 54.7 Å². The molecule has 4 rings (SSSR count). The number of sulfonamides is 1. The van der Waals surface area contributed by atoms with Crippen LogP contribution >= 0.6 is 11.8 Å². The summed E-state index contributed by atoms with van der Waals surface area (Å²) in [7, 11) is -3.55. The number of ether oxygens (including phenoxy) is 1. The highest BCUT2D eigenvalue weighted by molar-refractivity contribution is 7.99. The molecule has 2 heterocycles. The molecule has 0 unspecified atom stereocenters. The lowest BCUT2D eigenvalue weighted by atomic mass is 10.1. The van der Waals surface area contributed by atoms with E-state index in [2.05, 4.69) is 22.4 Å². The molecule has 1 aliphatic heterocycles. The number of aryl methyl sites for hydroxylation is 2. The Bertz CT molecular complexity index is 987. The van der Waals surface area contributed by atoms with Crippen LogP contribution in [0.4, 0.5) is 5.69 Å². The van der Waals surface area contributed by atoms with Crippen LogP contribution in [0.1, 0.15) is 17.5 Å². The van der Waals surface area contributed by atoms with E-state index in [0.717, 1.165) is 18.5 Å². The molecule has 0 spiro atoms. The summed E-state index contributed by atoms with van der Waals surface area (Å²) < 4.78 is 31.8. The van der Waals surface area contributed by atoms with E-state index >= 15 is 0 Å². The van der Waals surface area contributed by atoms with Crippen molar-refractivity contribution in [2.24, 2.45) is 0 Å². The fraction of sp³-hybridized carbons (Fsp3) is 0.400. The normalized spacial score (nSPS) is 17.1. The lowest BCUT2D eigenvalue weighted by Gasteiger charge is -2.25. The molecule has 0 saturated carbocycles. The number of pyridine rings is 1. The van der Waals surface area contributed by atoms with E-state index < -0.39 is 10.0 Å².